The average molecular weight is 450 g/mol. The molecule has 0 N–H and O–H groups in total. The van der Waals surface area contributed by atoms with Crippen molar-refractivity contribution in [1.82, 2.24) is 14.4 Å². The molecule has 2 fully saturated rings. The summed E-state index contributed by atoms with van der Waals surface area (Å²) < 4.78 is 2.40. The molecule has 2 aliphatic rings. The highest BCUT2D eigenvalue weighted by Gasteiger charge is 2.26. The molecule has 1 saturated heterocycles. The van der Waals surface area contributed by atoms with Crippen LogP contribution < -0.4 is 0 Å². The summed E-state index contributed by atoms with van der Waals surface area (Å²) in [4.78, 5) is 30.0. The van der Waals surface area contributed by atoms with Crippen LogP contribution in [0.4, 0.5) is 0 Å². The Hall–Kier alpha value is -2.40. The lowest BCUT2D eigenvalue weighted by Gasteiger charge is -2.34. The molecule has 5 heteroatoms. The van der Waals surface area contributed by atoms with Gasteiger partial charge in [0.25, 0.3) is 0 Å². The molecule has 178 valence electrons. The summed E-state index contributed by atoms with van der Waals surface area (Å²) in [5, 5.41) is 0. The highest BCUT2D eigenvalue weighted by Crippen LogP contribution is 2.33. The lowest BCUT2D eigenvalue weighted by atomic mass is 10.1. The van der Waals surface area contributed by atoms with Crippen molar-refractivity contribution in [3.05, 3.63) is 58.4 Å². The van der Waals surface area contributed by atoms with E-state index in [9.17, 15) is 9.59 Å². The van der Waals surface area contributed by atoms with Gasteiger partial charge in [-0.3, -0.25) is 14.5 Å². The van der Waals surface area contributed by atoms with Gasteiger partial charge in [0.05, 0.1) is 6.54 Å². The molecule has 2 aromatic rings. The molecule has 0 radical (unpaired) electrons. The van der Waals surface area contributed by atoms with Crippen molar-refractivity contribution in [2.75, 3.05) is 32.7 Å². The summed E-state index contributed by atoms with van der Waals surface area (Å²) in [7, 11) is 0. The SMILES string of the molecule is CCc1ccc(CCC(=O)N2CCN(CC(=O)c3cc(C)n(C4CCCC4)c3C)CC2)cc1. The number of hydrogen-bond donors (Lipinski definition) is 0. The van der Waals surface area contributed by atoms with E-state index in [-0.39, 0.29) is 11.7 Å². The molecule has 1 aliphatic carbocycles. The normalized spacial score (nSPS) is 17.6. The standard InChI is InChI=1S/C28H39N3O2/c1-4-23-9-11-24(12-10-23)13-14-28(33)30-17-15-29(16-18-30)20-27(32)26-19-21(2)31(22(26)3)25-7-5-6-8-25/h9-12,19,25H,4-8,13-18,20H2,1-3H3. The topological polar surface area (TPSA) is 45.6 Å². The maximum atomic E-state index is 13.1. The monoisotopic (exact) mass is 449 g/mol. The van der Waals surface area contributed by atoms with Gasteiger partial charge in [0.2, 0.25) is 5.91 Å². The van der Waals surface area contributed by atoms with E-state index < -0.39 is 0 Å². The average Bonchev–Trinajstić information content (AvgIpc) is 3.45. The summed E-state index contributed by atoms with van der Waals surface area (Å²) in [5.74, 6) is 0.434. The Bertz CT molecular complexity index is 962. The summed E-state index contributed by atoms with van der Waals surface area (Å²) in [5.41, 5.74) is 5.77. The largest absolute Gasteiger partial charge is 0.345 e. The molecule has 4 rings (SSSR count). The lowest BCUT2D eigenvalue weighted by molar-refractivity contribution is -0.132. The Balaban J connectivity index is 1.25. The molecule has 1 saturated carbocycles. The van der Waals surface area contributed by atoms with Gasteiger partial charge in [0.15, 0.2) is 5.78 Å². The van der Waals surface area contributed by atoms with E-state index in [2.05, 4.69) is 60.6 Å². The van der Waals surface area contributed by atoms with Gasteiger partial charge in [0.1, 0.15) is 0 Å². The van der Waals surface area contributed by atoms with Crippen molar-refractivity contribution in [2.45, 2.75) is 71.8 Å². The smallest absolute Gasteiger partial charge is 0.222 e. The Labute approximate surface area is 198 Å². The number of piperazine rings is 1. The Morgan fingerprint density at radius 3 is 2.21 bits per heavy atom. The molecule has 5 nitrogen and oxygen atoms in total. The van der Waals surface area contributed by atoms with Crippen molar-refractivity contribution in [3.63, 3.8) is 0 Å². The number of carbonyl (C=O) groups excluding carboxylic acids is 2. The van der Waals surface area contributed by atoms with Gasteiger partial charge in [0, 0.05) is 55.6 Å². The van der Waals surface area contributed by atoms with Crippen LogP contribution in [0.1, 0.15) is 77.9 Å². The van der Waals surface area contributed by atoms with Crippen molar-refractivity contribution >= 4 is 11.7 Å². The zero-order valence-corrected chi connectivity index (χ0v) is 20.6. The minimum absolute atomic E-state index is 0.211. The van der Waals surface area contributed by atoms with E-state index in [4.69, 9.17) is 0 Å². The summed E-state index contributed by atoms with van der Waals surface area (Å²) in [6.45, 7) is 9.79. The van der Waals surface area contributed by atoms with E-state index in [1.807, 2.05) is 4.90 Å². The molecular formula is C28H39N3O2. The highest BCUT2D eigenvalue weighted by molar-refractivity contribution is 5.99. The zero-order chi connectivity index (χ0) is 23.4. The van der Waals surface area contributed by atoms with E-state index in [1.165, 1.54) is 42.5 Å². The van der Waals surface area contributed by atoms with E-state index in [0.29, 0.717) is 32.1 Å². The van der Waals surface area contributed by atoms with Crippen LogP contribution in [0.15, 0.2) is 30.3 Å². The minimum atomic E-state index is 0.211. The predicted octanol–water partition coefficient (Wildman–Crippen LogP) is 4.74. The van der Waals surface area contributed by atoms with Crippen LogP contribution in [-0.2, 0) is 17.6 Å². The molecule has 0 unspecified atom stereocenters. The number of amides is 1. The first kappa shape index (κ1) is 23.7. The van der Waals surface area contributed by atoms with Crippen LogP contribution in [0.3, 0.4) is 0 Å². The van der Waals surface area contributed by atoms with Gasteiger partial charge < -0.3 is 9.47 Å². The fourth-order valence-corrected chi connectivity index (χ4v) is 5.58. The van der Waals surface area contributed by atoms with E-state index >= 15 is 0 Å². The molecule has 0 atom stereocenters. The first-order valence-electron chi connectivity index (χ1n) is 12.8. The van der Waals surface area contributed by atoms with Crippen molar-refractivity contribution in [3.8, 4) is 0 Å². The molecule has 1 aliphatic heterocycles. The van der Waals surface area contributed by atoms with Gasteiger partial charge in [-0.05, 0) is 56.7 Å². The molecule has 1 aromatic heterocycles. The third kappa shape index (κ3) is 5.57. The first-order valence-corrected chi connectivity index (χ1v) is 12.8. The number of ketones is 1. The van der Waals surface area contributed by atoms with Gasteiger partial charge in [-0.15, -0.1) is 0 Å². The van der Waals surface area contributed by atoms with Crippen LogP contribution in [0, 0.1) is 13.8 Å². The zero-order valence-electron chi connectivity index (χ0n) is 20.6. The number of rotatable bonds is 8. The maximum Gasteiger partial charge on any atom is 0.222 e. The molecule has 0 bridgehead atoms. The number of benzene rings is 1. The summed E-state index contributed by atoms with van der Waals surface area (Å²) >= 11 is 0. The van der Waals surface area contributed by atoms with Crippen molar-refractivity contribution in [2.24, 2.45) is 0 Å². The Morgan fingerprint density at radius 1 is 0.939 bits per heavy atom. The van der Waals surface area contributed by atoms with Crippen LogP contribution >= 0.6 is 0 Å². The van der Waals surface area contributed by atoms with Gasteiger partial charge in [-0.25, -0.2) is 0 Å². The quantitative estimate of drug-likeness (QED) is 0.547. The Morgan fingerprint density at radius 2 is 1.58 bits per heavy atom. The second-order valence-corrected chi connectivity index (χ2v) is 9.84. The van der Waals surface area contributed by atoms with Crippen LogP contribution in [-0.4, -0.2) is 58.8 Å². The molecule has 2 heterocycles. The highest BCUT2D eigenvalue weighted by atomic mass is 16.2. The summed E-state index contributed by atoms with van der Waals surface area (Å²) in [6, 6.07) is 11.2. The molecule has 0 spiro atoms. The number of aryl methyl sites for hydroxylation is 3. The van der Waals surface area contributed by atoms with Crippen LogP contribution in [0.5, 0.6) is 0 Å². The van der Waals surface area contributed by atoms with E-state index in [0.717, 1.165) is 37.2 Å². The third-order valence-electron chi connectivity index (χ3n) is 7.63. The minimum Gasteiger partial charge on any atom is -0.345 e. The number of aromatic nitrogens is 1. The predicted molar refractivity (Wildman–Crippen MR) is 133 cm³/mol. The first-order chi connectivity index (χ1) is 16.0. The summed E-state index contributed by atoms with van der Waals surface area (Å²) in [6.07, 6.45) is 7.42. The molecule has 1 aromatic carbocycles. The van der Waals surface area contributed by atoms with Gasteiger partial charge >= 0.3 is 0 Å². The Kier molecular flexibility index (Phi) is 7.69. The number of nitrogens with zero attached hydrogens (tertiary/aromatic N) is 3. The third-order valence-corrected chi connectivity index (χ3v) is 7.63. The molecule has 1 amide bonds. The van der Waals surface area contributed by atoms with Crippen molar-refractivity contribution in [1.29, 1.82) is 0 Å². The number of carbonyl (C=O) groups is 2. The maximum absolute atomic E-state index is 13.1. The molecular weight excluding hydrogens is 410 g/mol. The lowest BCUT2D eigenvalue weighted by Crippen LogP contribution is -2.50. The van der Waals surface area contributed by atoms with Gasteiger partial charge in [-0.2, -0.15) is 0 Å². The fourth-order valence-electron chi connectivity index (χ4n) is 5.58. The van der Waals surface area contributed by atoms with Crippen molar-refractivity contribution < 1.29 is 9.59 Å². The number of Topliss-reactive ketones (excluding diaryl/α,β-unsaturated/α-hetero) is 1. The number of hydrogen-bond acceptors (Lipinski definition) is 3. The van der Waals surface area contributed by atoms with Crippen LogP contribution in [0.25, 0.3) is 0 Å². The second-order valence-electron chi connectivity index (χ2n) is 9.84. The van der Waals surface area contributed by atoms with Gasteiger partial charge in [-0.1, -0.05) is 44.0 Å². The molecule has 33 heavy (non-hydrogen) atoms. The van der Waals surface area contributed by atoms with Crippen LogP contribution in [0.2, 0.25) is 0 Å². The second kappa shape index (κ2) is 10.7. The fraction of sp³-hybridized carbons (Fsp3) is 0.571. The van der Waals surface area contributed by atoms with E-state index in [1.54, 1.807) is 0 Å².